The molecule has 1 amide bonds. The predicted octanol–water partition coefficient (Wildman–Crippen LogP) is 4.06. The van der Waals surface area contributed by atoms with Crippen molar-refractivity contribution < 1.29 is 9.53 Å². The molecule has 0 bridgehead atoms. The molecule has 4 heteroatoms. The zero-order valence-corrected chi connectivity index (χ0v) is 14.9. The van der Waals surface area contributed by atoms with Gasteiger partial charge in [-0.05, 0) is 43.2 Å². The lowest BCUT2D eigenvalue weighted by Crippen LogP contribution is -2.27. The molecule has 0 fully saturated rings. The lowest BCUT2D eigenvalue weighted by Gasteiger charge is -2.17. The van der Waals surface area contributed by atoms with Crippen molar-refractivity contribution in [1.82, 2.24) is 4.90 Å². The predicted molar refractivity (Wildman–Crippen MR) is 96.1 cm³/mol. The van der Waals surface area contributed by atoms with Gasteiger partial charge in [-0.3, -0.25) is 4.79 Å². The quantitative estimate of drug-likeness (QED) is 0.749. The highest BCUT2D eigenvalue weighted by Crippen LogP contribution is 2.24. The summed E-state index contributed by atoms with van der Waals surface area (Å²) in [5.41, 5.74) is 3.53. The maximum Gasteiger partial charge on any atom is 0.232 e. The standard InChI is InChI=1S/C19H23NO2S/c1-14-5-6-15(2)18(11-14)23-13-19(21)20(3)12-16-7-9-17(22-4)10-8-16/h5-11H,12-13H2,1-4H3. The number of amides is 1. The molecule has 2 aromatic rings. The Bertz CT molecular complexity index is 668. The van der Waals surface area contributed by atoms with E-state index in [4.69, 9.17) is 4.74 Å². The summed E-state index contributed by atoms with van der Waals surface area (Å²) < 4.78 is 5.15. The summed E-state index contributed by atoms with van der Waals surface area (Å²) in [7, 11) is 3.49. The Balaban J connectivity index is 1.90. The lowest BCUT2D eigenvalue weighted by molar-refractivity contribution is -0.127. The zero-order valence-electron chi connectivity index (χ0n) is 14.1. The molecule has 0 N–H and O–H groups in total. The number of aryl methyl sites for hydroxylation is 2. The normalized spacial score (nSPS) is 10.4. The maximum absolute atomic E-state index is 12.3. The number of thioether (sulfide) groups is 1. The Hall–Kier alpha value is -1.94. The van der Waals surface area contributed by atoms with Crippen LogP contribution in [0.5, 0.6) is 5.75 Å². The first-order chi connectivity index (χ1) is 11.0. The number of methoxy groups -OCH3 is 1. The fourth-order valence-corrected chi connectivity index (χ4v) is 3.27. The Morgan fingerprint density at radius 3 is 2.48 bits per heavy atom. The minimum Gasteiger partial charge on any atom is -0.497 e. The van der Waals surface area contributed by atoms with E-state index in [1.54, 1.807) is 23.8 Å². The van der Waals surface area contributed by atoms with Crippen LogP contribution in [0.15, 0.2) is 47.4 Å². The summed E-state index contributed by atoms with van der Waals surface area (Å²) in [6, 6.07) is 14.1. The van der Waals surface area contributed by atoms with E-state index in [1.165, 1.54) is 16.0 Å². The molecule has 2 aromatic carbocycles. The number of nitrogens with zero attached hydrogens (tertiary/aromatic N) is 1. The average molecular weight is 329 g/mol. The molecule has 0 saturated carbocycles. The molecule has 0 radical (unpaired) electrons. The van der Waals surface area contributed by atoms with E-state index in [9.17, 15) is 4.79 Å². The van der Waals surface area contributed by atoms with E-state index < -0.39 is 0 Å². The second-order valence-corrected chi connectivity index (χ2v) is 6.67. The third-order valence-corrected chi connectivity index (χ3v) is 4.84. The van der Waals surface area contributed by atoms with Crippen LogP contribution >= 0.6 is 11.8 Å². The number of hydrogen-bond acceptors (Lipinski definition) is 3. The van der Waals surface area contributed by atoms with Gasteiger partial charge in [0, 0.05) is 18.5 Å². The van der Waals surface area contributed by atoms with Crippen LogP contribution in [0.1, 0.15) is 16.7 Å². The van der Waals surface area contributed by atoms with Gasteiger partial charge in [0.05, 0.1) is 12.9 Å². The highest BCUT2D eigenvalue weighted by atomic mass is 32.2. The number of carbonyl (C=O) groups is 1. The molecule has 0 aliphatic carbocycles. The van der Waals surface area contributed by atoms with E-state index in [-0.39, 0.29) is 5.91 Å². The van der Waals surface area contributed by atoms with Crippen molar-refractivity contribution in [3.8, 4) is 5.75 Å². The summed E-state index contributed by atoms with van der Waals surface area (Å²) in [4.78, 5) is 15.3. The van der Waals surface area contributed by atoms with E-state index >= 15 is 0 Å². The number of benzene rings is 2. The van der Waals surface area contributed by atoms with Gasteiger partial charge in [-0.1, -0.05) is 29.8 Å². The molecule has 0 unspecified atom stereocenters. The van der Waals surface area contributed by atoms with Crippen molar-refractivity contribution in [2.24, 2.45) is 0 Å². The third kappa shape index (κ3) is 5.03. The molecule has 3 nitrogen and oxygen atoms in total. The van der Waals surface area contributed by atoms with Crippen molar-refractivity contribution in [1.29, 1.82) is 0 Å². The van der Waals surface area contributed by atoms with E-state index in [0.717, 1.165) is 11.3 Å². The van der Waals surface area contributed by atoms with Gasteiger partial charge in [-0.2, -0.15) is 0 Å². The number of rotatable bonds is 6. The van der Waals surface area contributed by atoms with Crippen LogP contribution in [-0.4, -0.2) is 30.7 Å². The second kappa shape index (κ2) is 8.06. The Morgan fingerprint density at radius 2 is 1.83 bits per heavy atom. The molecular formula is C19H23NO2S. The molecule has 0 saturated heterocycles. The zero-order chi connectivity index (χ0) is 16.8. The first-order valence-electron chi connectivity index (χ1n) is 7.56. The smallest absolute Gasteiger partial charge is 0.232 e. The average Bonchev–Trinajstić information content (AvgIpc) is 2.56. The largest absolute Gasteiger partial charge is 0.497 e. The van der Waals surface area contributed by atoms with Crippen LogP contribution in [0, 0.1) is 13.8 Å². The van der Waals surface area contributed by atoms with Gasteiger partial charge in [-0.25, -0.2) is 0 Å². The van der Waals surface area contributed by atoms with Crippen LogP contribution in [-0.2, 0) is 11.3 Å². The van der Waals surface area contributed by atoms with Gasteiger partial charge < -0.3 is 9.64 Å². The molecule has 0 atom stereocenters. The van der Waals surface area contributed by atoms with Gasteiger partial charge in [0.1, 0.15) is 5.75 Å². The SMILES string of the molecule is COc1ccc(CN(C)C(=O)CSc2cc(C)ccc2C)cc1. The molecule has 122 valence electrons. The fourth-order valence-electron chi connectivity index (χ4n) is 2.21. The maximum atomic E-state index is 12.3. The van der Waals surface area contributed by atoms with Crippen LogP contribution in [0.3, 0.4) is 0 Å². The van der Waals surface area contributed by atoms with Crippen molar-refractivity contribution in [3.05, 3.63) is 59.2 Å². The Morgan fingerprint density at radius 1 is 1.13 bits per heavy atom. The van der Waals surface area contributed by atoms with Crippen molar-refractivity contribution in [2.45, 2.75) is 25.3 Å². The molecule has 2 rings (SSSR count). The lowest BCUT2D eigenvalue weighted by atomic mass is 10.2. The summed E-state index contributed by atoms with van der Waals surface area (Å²) in [5, 5.41) is 0. The van der Waals surface area contributed by atoms with Crippen LogP contribution in [0.25, 0.3) is 0 Å². The van der Waals surface area contributed by atoms with Gasteiger partial charge >= 0.3 is 0 Å². The number of hydrogen-bond donors (Lipinski definition) is 0. The minimum absolute atomic E-state index is 0.131. The van der Waals surface area contributed by atoms with Crippen LogP contribution < -0.4 is 4.74 Å². The molecule has 0 aliphatic rings. The topological polar surface area (TPSA) is 29.5 Å². The van der Waals surface area contributed by atoms with E-state index in [1.807, 2.05) is 31.3 Å². The fraction of sp³-hybridized carbons (Fsp3) is 0.316. The molecule has 0 aromatic heterocycles. The summed E-state index contributed by atoms with van der Waals surface area (Å²) in [6.45, 7) is 4.75. The van der Waals surface area contributed by atoms with Gasteiger partial charge in [0.2, 0.25) is 5.91 Å². The van der Waals surface area contributed by atoms with E-state index in [2.05, 4.69) is 32.0 Å². The summed E-state index contributed by atoms with van der Waals surface area (Å²) in [5.74, 6) is 1.41. The first kappa shape index (κ1) is 17.4. The Labute approximate surface area is 142 Å². The first-order valence-corrected chi connectivity index (χ1v) is 8.55. The summed E-state index contributed by atoms with van der Waals surface area (Å²) >= 11 is 1.60. The molecule has 23 heavy (non-hydrogen) atoms. The molecule has 0 heterocycles. The Kier molecular flexibility index (Phi) is 6.11. The summed E-state index contributed by atoms with van der Waals surface area (Å²) in [6.07, 6.45) is 0. The highest BCUT2D eigenvalue weighted by molar-refractivity contribution is 8.00. The highest BCUT2D eigenvalue weighted by Gasteiger charge is 2.11. The number of ether oxygens (including phenoxy) is 1. The number of carbonyl (C=O) groups excluding carboxylic acids is 1. The molecule has 0 aliphatic heterocycles. The molecular weight excluding hydrogens is 306 g/mol. The minimum atomic E-state index is 0.131. The van der Waals surface area contributed by atoms with Gasteiger partial charge in [0.25, 0.3) is 0 Å². The third-order valence-electron chi connectivity index (χ3n) is 3.70. The monoisotopic (exact) mass is 329 g/mol. The van der Waals surface area contributed by atoms with Crippen LogP contribution in [0.4, 0.5) is 0 Å². The van der Waals surface area contributed by atoms with Gasteiger partial charge in [-0.15, -0.1) is 11.8 Å². The van der Waals surface area contributed by atoms with Crippen LogP contribution in [0.2, 0.25) is 0 Å². The van der Waals surface area contributed by atoms with E-state index in [0.29, 0.717) is 12.3 Å². The van der Waals surface area contributed by atoms with Crippen molar-refractivity contribution >= 4 is 17.7 Å². The van der Waals surface area contributed by atoms with Crippen molar-refractivity contribution in [3.63, 3.8) is 0 Å². The second-order valence-electron chi connectivity index (χ2n) is 5.66. The van der Waals surface area contributed by atoms with Gasteiger partial charge in [0.15, 0.2) is 0 Å². The molecule has 0 spiro atoms. The van der Waals surface area contributed by atoms with Crippen molar-refractivity contribution in [2.75, 3.05) is 19.9 Å².